The molecular formula is C20H30N4O3S. The van der Waals surface area contributed by atoms with Gasteiger partial charge < -0.3 is 15.0 Å². The lowest BCUT2D eigenvalue weighted by Crippen LogP contribution is -2.48. The molecule has 1 aliphatic rings. The number of carbonyl (C=O) groups is 2. The maximum Gasteiger partial charge on any atom is 0.265 e. The lowest BCUT2D eigenvalue weighted by atomic mass is 10.0. The molecule has 0 saturated carbocycles. The Balaban J connectivity index is 1.67. The average Bonchev–Trinajstić information content (AvgIpc) is 2.70. The first kappa shape index (κ1) is 21.9. The molecule has 3 N–H and O–H groups in total. The lowest BCUT2D eigenvalue weighted by molar-refractivity contribution is -0.122. The average molecular weight is 407 g/mol. The zero-order chi connectivity index (χ0) is 20.4. The first-order chi connectivity index (χ1) is 13.5. The molecule has 0 radical (unpaired) electrons. The predicted molar refractivity (Wildman–Crippen MR) is 114 cm³/mol. The molecule has 0 aliphatic carbocycles. The number of thiocarbonyl (C=S) groups is 1. The van der Waals surface area contributed by atoms with Crippen LogP contribution in [0.4, 0.5) is 5.69 Å². The van der Waals surface area contributed by atoms with Crippen LogP contribution in [0.2, 0.25) is 0 Å². The molecule has 1 aromatic rings. The second kappa shape index (κ2) is 11.5. The van der Waals surface area contributed by atoms with Crippen LogP contribution >= 0.6 is 12.2 Å². The number of ether oxygens (including phenoxy) is 1. The van der Waals surface area contributed by atoms with Crippen molar-refractivity contribution in [2.45, 2.75) is 46.0 Å². The number of anilines is 1. The fraction of sp³-hybridized carbons (Fsp3) is 0.550. The molecule has 0 spiro atoms. The first-order valence-electron chi connectivity index (χ1n) is 9.86. The highest BCUT2D eigenvalue weighted by atomic mass is 32.1. The largest absolute Gasteiger partial charge is 0.482 e. The highest BCUT2D eigenvalue weighted by Gasteiger charge is 2.25. The van der Waals surface area contributed by atoms with E-state index in [0.29, 0.717) is 22.5 Å². The summed E-state index contributed by atoms with van der Waals surface area (Å²) in [5.74, 6) is 0.777. The molecule has 0 bridgehead atoms. The molecule has 0 fully saturated rings. The Morgan fingerprint density at radius 2 is 2.07 bits per heavy atom. The summed E-state index contributed by atoms with van der Waals surface area (Å²) >= 11 is 5.19. The molecule has 28 heavy (non-hydrogen) atoms. The van der Waals surface area contributed by atoms with Gasteiger partial charge in [-0.15, -0.1) is 0 Å². The van der Waals surface area contributed by atoms with E-state index in [4.69, 9.17) is 17.0 Å². The van der Waals surface area contributed by atoms with Gasteiger partial charge in [0.15, 0.2) is 11.7 Å². The summed E-state index contributed by atoms with van der Waals surface area (Å²) in [5.41, 5.74) is 5.98. The number of rotatable bonds is 9. The van der Waals surface area contributed by atoms with E-state index < -0.39 is 0 Å². The number of hydrogen-bond donors (Lipinski definition) is 3. The summed E-state index contributed by atoms with van der Waals surface area (Å²) in [6, 6.07) is 7.30. The molecule has 1 heterocycles. The SMILES string of the molecule is CCCCC[C@@H](C)CNC(=S)NNC(=O)CCN1C(=O)COc2ccccc21. The second-order valence-corrected chi connectivity index (χ2v) is 7.44. The van der Waals surface area contributed by atoms with Crippen LogP contribution in [0.15, 0.2) is 24.3 Å². The Morgan fingerprint density at radius 1 is 1.29 bits per heavy atom. The van der Waals surface area contributed by atoms with Crippen LogP contribution in [0, 0.1) is 5.92 Å². The van der Waals surface area contributed by atoms with E-state index in [2.05, 4.69) is 30.0 Å². The number of nitrogens with one attached hydrogen (secondary N) is 3. The van der Waals surface area contributed by atoms with Gasteiger partial charge in [0, 0.05) is 19.5 Å². The molecule has 0 saturated heterocycles. The summed E-state index contributed by atoms with van der Waals surface area (Å²) in [5, 5.41) is 3.51. The number of para-hydroxylation sites is 2. The van der Waals surface area contributed by atoms with Crippen LogP contribution in [0.3, 0.4) is 0 Å². The predicted octanol–water partition coefficient (Wildman–Crippen LogP) is 2.51. The molecular weight excluding hydrogens is 376 g/mol. The van der Waals surface area contributed by atoms with Crippen LogP contribution in [0.25, 0.3) is 0 Å². The highest BCUT2D eigenvalue weighted by Crippen LogP contribution is 2.31. The van der Waals surface area contributed by atoms with Gasteiger partial charge in [-0.1, -0.05) is 45.2 Å². The number of carbonyl (C=O) groups excluding carboxylic acids is 2. The minimum Gasteiger partial charge on any atom is -0.482 e. The number of unbranched alkanes of at least 4 members (excludes halogenated alkanes) is 2. The number of amides is 2. The van der Waals surface area contributed by atoms with Gasteiger partial charge in [-0.05, 0) is 36.7 Å². The fourth-order valence-electron chi connectivity index (χ4n) is 2.96. The van der Waals surface area contributed by atoms with E-state index in [1.807, 2.05) is 24.3 Å². The Bertz CT molecular complexity index is 683. The zero-order valence-electron chi connectivity index (χ0n) is 16.6. The number of benzene rings is 1. The summed E-state index contributed by atoms with van der Waals surface area (Å²) in [6.07, 6.45) is 5.00. The van der Waals surface area contributed by atoms with Crippen LogP contribution in [0.1, 0.15) is 46.0 Å². The Morgan fingerprint density at radius 3 is 2.86 bits per heavy atom. The minimum atomic E-state index is -0.239. The van der Waals surface area contributed by atoms with Gasteiger partial charge in [0.05, 0.1) is 5.69 Å². The zero-order valence-corrected chi connectivity index (χ0v) is 17.4. The Hall–Kier alpha value is -2.35. The van der Waals surface area contributed by atoms with E-state index in [-0.39, 0.29) is 31.4 Å². The summed E-state index contributed by atoms with van der Waals surface area (Å²) in [4.78, 5) is 25.8. The molecule has 1 aliphatic heterocycles. The molecule has 0 unspecified atom stereocenters. The van der Waals surface area contributed by atoms with E-state index in [0.717, 1.165) is 13.0 Å². The normalized spacial score (nSPS) is 13.9. The summed E-state index contributed by atoms with van der Waals surface area (Å²) in [7, 11) is 0. The van der Waals surface area contributed by atoms with E-state index in [9.17, 15) is 9.59 Å². The van der Waals surface area contributed by atoms with E-state index in [1.54, 1.807) is 4.90 Å². The Kier molecular flexibility index (Phi) is 9.00. The van der Waals surface area contributed by atoms with Crippen molar-refractivity contribution < 1.29 is 14.3 Å². The number of hydrazine groups is 1. The van der Waals surface area contributed by atoms with E-state index in [1.165, 1.54) is 19.3 Å². The second-order valence-electron chi connectivity index (χ2n) is 7.04. The maximum atomic E-state index is 12.1. The van der Waals surface area contributed by atoms with Crippen molar-refractivity contribution in [3.8, 4) is 5.75 Å². The molecule has 154 valence electrons. The van der Waals surface area contributed by atoms with E-state index >= 15 is 0 Å². The monoisotopic (exact) mass is 406 g/mol. The molecule has 2 rings (SSSR count). The van der Waals surface area contributed by atoms with Gasteiger partial charge in [-0.2, -0.15) is 0 Å². The van der Waals surface area contributed by atoms with Crippen molar-refractivity contribution in [2.24, 2.45) is 5.92 Å². The van der Waals surface area contributed by atoms with Gasteiger partial charge in [0.25, 0.3) is 5.91 Å². The van der Waals surface area contributed by atoms with Gasteiger partial charge in [-0.25, -0.2) is 0 Å². The molecule has 0 aromatic heterocycles. The molecule has 2 amide bonds. The van der Waals surface area contributed by atoms with Gasteiger partial charge in [-0.3, -0.25) is 20.4 Å². The maximum absolute atomic E-state index is 12.1. The standard InChI is InChI=1S/C20H30N4O3S/c1-3-4-5-8-15(2)13-21-20(28)23-22-18(25)11-12-24-16-9-6-7-10-17(16)27-14-19(24)26/h6-7,9-10,15H,3-5,8,11-14H2,1-2H3,(H,22,25)(H2,21,23,28)/t15-/m1/s1. The van der Waals surface area contributed by atoms with Crippen LogP contribution in [-0.4, -0.2) is 36.6 Å². The highest BCUT2D eigenvalue weighted by molar-refractivity contribution is 7.80. The molecule has 8 heteroatoms. The van der Waals surface area contributed by atoms with Crippen LogP contribution in [-0.2, 0) is 9.59 Å². The van der Waals surface area contributed by atoms with Gasteiger partial charge in [0.2, 0.25) is 5.91 Å². The van der Waals surface area contributed by atoms with Gasteiger partial charge in [0.1, 0.15) is 5.75 Å². The molecule has 1 aromatic carbocycles. The summed E-state index contributed by atoms with van der Waals surface area (Å²) < 4.78 is 5.40. The third-order valence-electron chi connectivity index (χ3n) is 4.60. The van der Waals surface area contributed by atoms with Crippen molar-refractivity contribution in [1.29, 1.82) is 0 Å². The molecule has 1 atom stereocenters. The first-order valence-corrected chi connectivity index (χ1v) is 10.3. The third-order valence-corrected chi connectivity index (χ3v) is 4.84. The van der Waals surface area contributed by atoms with Crippen molar-refractivity contribution in [3.63, 3.8) is 0 Å². The Labute approximate surface area is 172 Å². The fourth-order valence-corrected chi connectivity index (χ4v) is 3.09. The van der Waals surface area contributed by atoms with Crippen molar-refractivity contribution in [1.82, 2.24) is 16.2 Å². The number of nitrogens with zero attached hydrogens (tertiary/aromatic N) is 1. The number of hydrogen-bond acceptors (Lipinski definition) is 4. The van der Waals surface area contributed by atoms with Crippen LogP contribution < -0.4 is 25.8 Å². The topological polar surface area (TPSA) is 82.7 Å². The van der Waals surface area contributed by atoms with Crippen molar-refractivity contribution >= 4 is 34.8 Å². The van der Waals surface area contributed by atoms with Crippen molar-refractivity contribution in [2.75, 3.05) is 24.6 Å². The van der Waals surface area contributed by atoms with Crippen LogP contribution in [0.5, 0.6) is 5.75 Å². The number of fused-ring (bicyclic) bond motifs is 1. The lowest BCUT2D eigenvalue weighted by Gasteiger charge is -2.29. The quantitative estimate of drug-likeness (QED) is 0.332. The van der Waals surface area contributed by atoms with Gasteiger partial charge >= 0.3 is 0 Å². The smallest absolute Gasteiger partial charge is 0.265 e. The van der Waals surface area contributed by atoms with Crippen molar-refractivity contribution in [3.05, 3.63) is 24.3 Å². The summed E-state index contributed by atoms with van der Waals surface area (Å²) in [6.45, 7) is 5.41. The molecule has 7 nitrogen and oxygen atoms in total. The minimum absolute atomic E-state index is 0.0126. The third kappa shape index (κ3) is 6.99.